The lowest BCUT2D eigenvalue weighted by Gasteiger charge is -2.29. The molecule has 1 unspecified atom stereocenters. The first-order valence-corrected chi connectivity index (χ1v) is 9.13. The number of benzene rings is 2. The Morgan fingerprint density at radius 2 is 1.92 bits per heavy atom. The van der Waals surface area contributed by atoms with Crippen LogP contribution in [0.5, 0.6) is 0 Å². The molecule has 0 aliphatic carbocycles. The molecular formula is C18H14ClN3O3S. The summed E-state index contributed by atoms with van der Waals surface area (Å²) in [5, 5.41) is 3.36. The van der Waals surface area contributed by atoms with E-state index in [9.17, 15) is 14.4 Å². The maximum Gasteiger partial charge on any atom is 0.261 e. The number of primary amides is 1. The SMILES string of the molecule is NC(=O)c1ccc(NC(=O)C23CCC(=O)N2c2cc(Cl)ccc2S3)cc1. The third kappa shape index (κ3) is 2.55. The lowest BCUT2D eigenvalue weighted by molar-refractivity contribution is -0.121. The summed E-state index contributed by atoms with van der Waals surface area (Å²) in [6, 6.07) is 11.6. The van der Waals surface area contributed by atoms with Crippen LogP contribution in [0.3, 0.4) is 0 Å². The Morgan fingerprint density at radius 1 is 1.19 bits per heavy atom. The third-order valence-electron chi connectivity index (χ3n) is 4.51. The van der Waals surface area contributed by atoms with Crippen molar-refractivity contribution in [2.45, 2.75) is 22.6 Å². The van der Waals surface area contributed by atoms with Crippen LogP contribution >= 0.6 is 23.4 Å². The van der Waals surface area contributed by atoms with Gasteiger partial charge in [-0.15, -0.1) is 0 Å². The Kier molecular flexibility index (Phi) is 3.93. The molecule has 1 saturated heterocycles. The first kappa shape index (κ1) is 16.9. The Morgan fingerprint density at radius 3 is 2.62 bits per heavy atom. The van der Waals surface area contributed by atoms with Crippen molar-refractivity contribution in [1.29, 1.82) is 0 Å². The first-order valence-electron chi connectivity index (χ1n) is 7.94. The summed E-state index contributed by atoms with van der Waals surface area (Å²) < 4.78 is 0. The van der Waals surface area contributed by atoms with Crippen molar-refractivity contribution in [3.8, 4) is 0 Å². The number of hydrogen-bond acceptors (Lipinski definition) is 4. The number of amides is 3. The summed E-state index contributed by atoms with van der Waals surface area (Å²) in [5.41, 5.74) is 6.78. The van der Waals surface area contributed by atoms with Gasteiger partial charge in [0.15, 0.2) is 4.87 Å². The first-order chi connectivity index (χ1) is 12.4. The van der Waals surface area contributed by atoms with Gasteiger partial charge >= 0.3 is 0 Å². The molecule has 2 aliphatic rings. The number of nitrogens with zero attached hydrogens (tertiary/aromatic N) is 1. The minimum absolute atomic E-state index is 0.0993. The van der Waals surface area contributed by atoms with Gasteiger partial charge in [-0.25, -0.2) is 0 Å². The number of halogens is 1. The van der Waals surface area contributed by atoms with Gasteiger partial charge in [0.2, 0.25) is 11.8 Å². The van der Waals surface area contributed by atoms with Gasteiger partial charge in [0.25, 0.3) is 5.91 Å². The van der Waals surface area contributed by atoms with Crippen LogP contribution in [0, 0.1) is 0 Å². The summed E-state index contributed by atoms with van der Waals surface area (Å²) in [7, 11) is 0. The molecule has 0 bridgehead atoms. The number of fused-ring (bicyclic) bond motifs is 3. The second-order valence-electron chi connectivity index (χ2n) is 6.12. The zero-order valence-electron chi connectivity index (χ0n) is 13.5. The second-order valence-corrected chi connectivity index (χ2v) is 7.88. The van der Waals surface area contributed by atoms with E-state index >= 15 is 0 Å². The molecule has 0 saturated carbocycles. The molecule has 1 atom stereocenters. The molecule has 3 N–H and O–H groups in total. The summed E-state index contributed by atoms with van der Waals surface area (Å²) in [6.45, 7) is 0. The van der Waals surface area contributed by atoms with Gasteiger partial charge in [-0.05, 0) is 48.9 Å². The number of anilines is 2. The Hall–Kier alpha value is -2.51. The molecule has 2 aliphatic heterocycles. The number of nitrogens with two attached hydrogens (primary N) is 1. The molecule has 4 rings (SSSR count). The summed E-state index contributed by atoms with van der Waals surface area (Å²) in [6.07, 6.45) is 0.709. The van der Waals surface area contributed by atoms with Crippen LogP contribution in [-0.4, -0.2) is 22.6 Å². The Balaban J connectivity index is 1.65. The fraction of sp³-hybridized carbons (Fsp3) is 0.167. The van der Waals surface area contributed by atoms with Crippen LogP contribution in [0.4, 0.5) is 11.4 Å². The average molecular weight is 388 g/mol. The van der Waals surface area contributed by atoms with Crippen LogP contribution in [0.25, 0.3) is 0 Å². The van der Waals surface area contributed by atoms with Crippen molar-refractivity contribution in [2.24, 2.45) is 5.73 Å². The van der Waals surface area contributed by atoms with Crippen LogP contribution < -0.4 is 16.0 Å². The Bertz CT molecular complexity index is 947. The number of rotatable bonds is 3. The van der Waals surface area contributed by atoms with Crippen molar-refractivity contribution < 1.29 is 14.4 Å². The van der Waals surface area contributed by atoms with Crippen LogP contribution in [0.2, 0.25) is 5.02 Å². The maximum absolute atomic E-state index is 13.1. The highest BCUT2D eigenvalue weighted by atomic mass is 35.5. The van der Waals surface area contributed by atoms with Gasteiger partial charge in [-0.2, -0.15) is 0 Å². The number of thioether (sulfide) groups is 1. The highest BCUT2D eigenvalue weighted by Gasteiger charge is 2.57. The van der Waals surface area contributed by atoms with Gasteiger partial charge < -0.3 is 11.1 Å². The molecule has 132 valence electrons. The predicted molar refractivity (Wildman–Crippen MR) is 100 cm³/mol. The number of hydrogen-bond donors (Lipinski definition) is 2. The fourth-order valence-electron chi connectivity index (χ4n) is 3.27. The van der Waals surface area contributed by atoms with E-state index in [1.165, 1.54) is 11.8 Å². The van der Waals surface area contributed by atoms with Crippen molar-refractivity contribution >= 4 is 52.5 Å². The second kappa shape index (κ2) is 6.03. The van der Waals surface area contributed by atoms with Gasteiger partial charge in [-0.1, -0.05) is 23.4 Å². The lowest BCUT2D eigenvalue weighted by Crippen LogP contribution is -2.49. The molecule has 2 aromatic rings. The van der Waals surface area contributed by atoms with Crippen LogP contribution in [-0.2, 0) is 9.59 Å². The van der Waals surface area contributed by atoms with Gasteiger partial charge in [0.1, 0.15) is 0 Å². The van der Waals surface area contributed by atoms with E-state index in [0.717, 1.165) is 4.90 Å². The highest BCUT2D eigenvalue weighted by Crippen LogP contribution is 2.56. The number of carbonyl (C=O) groups is 3. The van der Waals surface area contributed by atoms with Crippen LogP contribution in [0.15, 0.2) is 47.4 Å². The highest BCUT2D eigenvalue weighted by molar-refractivity contribution is 8.02. The minimum atomic E-state index is -1.02. The minimum Gasteiger partial charge on any atom is -0.366 e. The molecule has 2 heterocycles. The van der Waals surface area contributed by atoms with Crippen LogP contribution in [0.1, 0.15) is 23.2 Å². The van der Waals surface area contributed by atoms with Gasteiger partial charge in [0, 0.05) is 27.6 Å². The van der Waals surface area contributed by atoms with E-state index in [1.807, 2.05) is 6.07 Å². The summed E-state index contributed by atoms with van der Waals surface area (Å²) in [5.74, 6) is -0.919. The van der Waals surface area contributed by atoms with Gasteiger partial charge in [-0.3, -0.25) is 19.3 Å². The van der Waals surface area contributed by atoms with Crippen molar-refractivity contribution in [3.63, 3.8) is 0 Å². The molecule has 8 heteroatoms. The molecular weight excluding hydrogens is 374 g/mol. The largest absolute Gasteiger partial charge is 0.366 e. The summed E-state index contributed by atoms with van der Waals surface area (Å²) >= 11 is 7.43. The maximum atomic E-state index is 13.1. The smallest absolute Gasteiger partial charge is 0.261 e. The lowest BCUT2D eigenvalue weighted by atomic mass is 10.1. The standard InChI is InChI=1S/C18H14ClN3O3S/c19-11-3-6-14-13(9-11)22-15(23)7-8-18(22,26-14)17(25)21-12-4-1-10(2-5-12)16(20)24/h1-6,9H,7-8H2,(H2,20,24)(H,21,25). The van der Waals surface area contributed by atoms with E-state index in [4.69, 9.17) is 17.3 Å². The topological polar surface area (TPSA) is 92.5 Å². The molecule has 26 heavy (non-hydrogen) atoms. The van der Waals surface area contributed by atoms with E-state index in [1.54, 1.807) is 41.3 Å². The predicted octanol–water partition coefficient (Wildman–Crippen LogP) is 3.01. The van der Waals surface area contributed by atoms with E-state index in [0.29, 0.717) is 34.8 Å². The third-order valence-corrected chi connectivity index (χ3v) is 6.22. The molecule has 0 aromatic heterocycles. The number of carbonyl (C=O) groups excluding carboxylic acids is 3. The fourth-order valence-corrected chi connectivity index (χ4v) is 4.83. The van der Waals surface area contributed by atoms with E-state index in [-0.39, 0.29) is 11.8 Å². The average Bonchev–Trinajstić information content (AvgIpc) is 3.11. The Labute approximate surface area is 158 Å². The van der Waals surface area contributed by atoms with E-state index in [2.05, 4.69) is 5.32 Å². The normalized spacial score (nSPS) is 20.7. The van der Waals surface area contributed by atoms with E-state index < -0.39 is 10.8 Å². The van der Waals surface area contributed by atoms with Crippen molar-refractivity contribution in [3.05, 3.63) is 53.1 Å². The van der Waals surface area contributed by atoms with Crippen molar-refractivity contribution in [2.75, 3.05) is 10.2 Å². The zero-order chi connectivity index (χ0) is 18.5. The van der Waals surface area contributed by atoms with Crippen molar-refractivity contribution in [1.82, 2.24) is 0 Å². The molecule has 1 fully saturated rings. The molecule has 0 radical (unpaired) electrons. The van der Waals surface area contributed by atoms with Gasteiger partial charge in [0.05, 0.1) is 5.69 Å². The monoisotopic (exact) mass is 387 g/mol. The summed E-state index contributed by atoms with van der Waals surface area (Å²) in [4.78, 5) is 38.1. The molecule has 0 spiro atoms. The molecule has 3 amide bonds. The molecule has 2 aromatic carbocycles. The zero-order valence-corrected chi connectivity index (χ0v) is 15.1. The number of nitrogens with one attached hydrogen (secondary N) is 1. The molecule has 6 nitrogen and oxygen atoms in total. The quantitative estimate of drug-likeness (QED) is 0.846.